The van der Waals surface area contributed by atoms with Gasteiger partial charge in [0.05, 0.1) is 6.04 Å². The number of rotatable bonds is 5. The monoisotopic (exact) mass is 345 g/mol. The minimum atomic E-state index is 0.412. The molecule has 0 amide bonds. The second-order valence-corrected chi connectivity index (χ2v) is 7.37. The molecule has 3 nitrogen and oxygen atoms in total. The summed E-state index contributed by atoms with van der Waals surface area (Å²) in [7, 11) is 0. The quantitative estimate of drug-likeness (QED) is 0.795. The van der Waals surface area contributed by atoms with Crippen LogP contribution in [0.4, 0.5) is 5.69 Å². The number of aryl methyl sites for hydroxylation is 1. The average Bonchev–Trinajstić information content (AvgIpc) is 3.21. The standard InChI is InChI=1S/C18H23N3S2/c1-14-6-4-7-15(12-14)20-18(22)19-13-16(17-8-5-11-23-17)21-9-2-3-10-21/h4-8,11-12,16H,2-3,9-10,13H2,1H3,(H2,19,20,22)/t16-/m0/s1. The van der Waals surface area contributed by atoms with E-state index in [0.717, 1.165) is 12.2 Å². The average molecular weight is 346 g/mol. The third-order valence-electron chi connectivity index (χ3n) is 4.18. The van der Waals surface area contributed by atoms with Gasteiger partial charge in [0.1, 0.15) is 0 Å². The van der Waals surface area contributed by atoms with Gasteiger partial charge in [0, 0.05) is 17.1 Å². The van der Waals surface area contributed by atoms with Gasteiger partial charge < -0.3 is 10.6 Å². The maximum absolute atomic E-state index is 5.46. The van der Waals surface area contributed by atoms with Crippen molar-refractivity contribution in [1.82, 2.24) is 10.2 Å². The van der Waals surface area contributed by atoms with Gasteiger partial charge in [-0.3, -0.25) is 4.90 Å². The van der Waals surface area contributed by atoms with Crippen LogP contribution in [0.2, 0.25) is 0 Å². The lowest BCUT2D eigenvalue weighted by Gasteiger charge is -2.27. The first kappa shape index (κ1) is 16.4. The molecule has 2 heterocycles. The van der Waals surface area contributed by atoms with Gasteiger partial charge in [0.25, 0.3) is 0 Å². The van der Waals surface area contributed by atoms with Gasteiger partial charge >= 0.3 is 0 Å². The van der Waals surface area contributed by atoms with Gasteiger partial charge in [0.15, 0.2) is 5.11 Å². The van der Waals surface area contributed by atoms with Crippen molar-refractivity contribution in [2.45, 2.75) is 25.8 Å². The van der Waals surface area contributed by atoms with Crippen LogP contribution in [0.15, 0.2) is 41.8 Å². The number of thiocarbonyl (C=S) groups is 1. The van der Waals surface area contributed by atoms with Gasteiger partial charge in [-0.25, -0.2) is 0 Å². The third kappa shape index (κ3) is 4.53. The number of nitrogens with one attached hydrogen (secondary N) is 2. The molecule has 1 aromatic heterocycles. The summed E-state index contributed by atoms with van der Waals surface area (Å²) in [5.74, 6) is 0. The topological polar surface area (TPSA) is 27.3 Å². The summed E-state index contributed by atoms with van der Waals surface area (Å²) in [6.45, 7) is 5.30. The Morgan fingerprint density at radius 2 is 2.09 bits per heavy atom. The van der Waals surface area contributed by atoms with Crippen molar-refractivity contribution in [2.75, 3.05) is 25.0 Å². The molecule has 0 bridgehead atoms. The smallest absolute Gasteiger partial charge is 0.170 e. The molecule has 2 N–H and O–H groups in total. The third-order valence-corrected chi connectivity index (χ3v) is 5.40. The molecule has 1 aromatic carbocycles. The van der Waals surface area contributed by atoms with Crippen LogP contribution >= 0.6 is 23.6 Å². The molecule has 1 saturated heterocycles. The first-order chi connectivity index (χ1) is 11.2. The van der Waals surface area contributed by atoms with E-state index in [4.69, 9.17) is 12.2 Å². The normalized spacial score (nSPS) is 16.2. The van der Waals surface area contributed by atoms with Gasteiger partial charge in [-0.2, -0.15) is 0 Å². The summed E-state index contributed by atoms with van der Waals surface area (Å²) in [6, 6.07) is 13.0. The fourth-order valence-corrected chi connectivity index (χ4v) is 4.09. The molecular formula is C18H23N3S2. The maximum atomic E-state index is 5.46. The van der Waals surface area contributed by atoms with Gasteiger partial charge in [-0.05, 0) is 74.2 Å². The molecular weight excluding hydrogens is 322 g/mol. The number of hydrogen-bond acceptors (Lipinski definition) is 3. The molecule has 2 aromatic rings. The SMILES string of the molecule is Cc1cccc(NC(=S)NC[C@@H](c2cccs2)N2CCCC2)c1. The Balaban J connectivity index is 1.59. The summed E-state index contributed by atoms with van der Waals surface area (Å²) < 4.78 is 0. The zero-order chi connectivity index (χ0) is 16.1. The number of likely N-dealkylation sites (tertiary alicyclic amines) is 1. The summed E-state index contributed by atoms with van der Waals surface area (Å²) in [6.07, 6.45) is 2.60. The minimum Gasteiger partial charge on any atom is -0.360 e. The zero-order valence-electron chi connectivity index (χ0n) is 13.4. The van der Waals surface area contributed by atoms with Crippen LogP contribution in [0, 0.1) is 6.92 Å². The van der Waals surface area contributed by atoms with Crippen LogP contribution in [0.3, 0.4) is 0 Å². The van der Waals surface area contributed by atoms with E-state index in [1.165, 1.54) is 36.4 Å². The molecule has 23 heavy (non-hydrogen) atoms. The van der Waals surface area contributed by atoms with E-state index in [-0.39, 0.29) is 0 Å². The van der Waals surface area contributed by atoms with Crippen LogP contribution in [0.25, 0.3) is 0 Å². The number of benzene rings is 1. The molecule has 5 heteroatoms. The molecule has 1 atom stereocenters. The lowest BCUT2D eigenvalue weighted by Crippen LogP contribution is -2.38. The molecule has 3 rings (SSSR count). The zero-order valence-corrected chi connectivity index (χ0v) is 15.1. The van der Waals surface area contributed by atoms with Crippen LogP contribution in [0.1, 0.15) is 29.3 Å². The van der Waals surface area contributed by atoms with Crippen molar-refractivity contribution in [2.24, 2.45) is 0 Å². The van der Waals surface area contributed by atoms with Crippen molar-refractivity contribution >= 4 is 34.4 Å². The number of anilines is 1. The number of hydrogen-bond donors (Lipinski definition) is 2. The maximum Gasteiger partial charge on any atom is 0.170 e. The molecule has 0 radical (unpaired) electrons. The molecule has 1 aliphatic heterocycles. The van der Waals surface area contributed by atoms with E-state index in [1.807, 2.05) is 23.5 Å². The first-order valence-corrected chi connectivity index (χ1v) is 9.40. The van der Waals surface area contributed by atoms with E-state index >= 15 is 0 Å². The number of thiophene rings is 1. The highest BCUT2D eigenvalue weighted by Gasteiger charge is 2.24. The minimum absolute atomic E-state index is 0.412. The Morgan fingerprint density at radius 3 is 2.78 bits per heavy atom. The predicted molar refractivity (Wildman–Crippen MR) is 103 cm³/mol. The molecule has 0 unspecified atom stereocenters. The highest BCUT2D eigenvalue weighted by atomic mass is 32.1. The van der Waals surface area contributed by atoms with Gasteiger partial charge in [-0.1, -0.05) is 18.2 Å². The van der Waals surface area contributed by atoms with Crippen molar-refractivity contribution in [1.29, 1.82) is 0 Å². The van der Waals surface area contributed by atoms with E-state index < -0.39 is 0 Å². The fourth-order valence-electron chi connectivity index (χ4n) is 3.03. The van der Waals surface area contributed by atoms with E-state index in [9.17, 15) is 0 Å². The second-order valence-electron chi connectivity index (χ2n) is 5.98. The Labute approximate surface area is 147 Å². The van der Waals surface area contributed by atoms with E-state index in [0.29, 0.717) is 11.2 Å². The highest BCUT2D eigenvalue weighted by Crippen LogP contribution is 2.27. The lowest BCUT2D eigenvalue weighted by atomic mass is 10.2. The Morgan fingerprint density at radius 1 is 1.26 bits per heavy atom. The van der Waals surface area contributed by atoms with Crippen molar-refractivity contribution in [3.8, 4) is 0 Å². The van der Waals surface area contributed by atoms with Crippen LogP contribution in [0.5, 0.6) is 0 Å². The molecule has 122 valence electrons. The van der Waals surface area contributed by atoms with Gasteiger partial charge in [0.2, 0.25) is 0 Å². The second kappa shape index (κ2) is 7.90. The summed E-state index contributed by atoms with van der Waals surface area (Å²) in [5.41, 5.74) is 2.27. The van der Waals surface area contributed by atoms with Crippen LogP contribution in [-0.2, 0) is 0 Å². The largest absolute Gasteiger partial charge is 0.360 e. The fraction of sp³-hybridized carbons (Fsp3) is 0.389. The van der Waals surface area contributed by atoms with Crippen LogP contribution < -0.4 is 10.6 Å². The Hall–Kier alpha value is -1.43. The highest BCUT2D eigenvalue weighted by molar-refractivity contribution is 7.80. The lowest BCUT2D eigenvalue weighted by molar-refractivity contribution is 0.249. The van der Waals surface area contributed by atoms with E-state index in [1.54, 1.807) is 0 Å². The Bertz CT molecular complexity index is 633. The predicted octanol–water partition coefficient (Wildman–Crippen LogP) is 4.18. The molecule has 0 aliphatic carbocycles. The van der Waals surface area contributed by atoms with Crippen molar-refractivity contribution in [3.63, 3.8) is 0 Å². The molecule has 1 fully saturated rings. The van der Waals surface area contributed by atoms with Gasteiger partial charge in [-0.15, -0.1) is 11.3 Å². The summed E-state index contributed by atoms with van der Waals surface area (Å²) in [4.78, 5) is 3.98. The molecule has 0 saturated carbocycles. The summed E-state index contributed by atoms with van der Waals surface area (Å²) >= 11 is 7.29. The molecule has 0 spiro atoms. The Kier molecular flexibility index (Phi) is 5.65. The number of nitrogens with zero attached hydrogens (tertiary/aromatic N) is 1. The van der Waals surface area contributed by atoms with Crippen molar-refractivity contribution in [3.05, 3.63) is 52.2 Å². The van der Waals surface area contributed by atoms with E-state index in [2.05, 4.69) is 52.1 Å². The summed E-state index contributed by atoms with van der Waals surface area (Å²) in [5, 5.41) is 9.53. The van der Waals surface area contributed by atoms with Crippen LogP contribution in [-0.4, -0.2) is 29.6 Å². The van der Waals surface area contributed by atoms with Crippen molar-refractivity contribution < 1.29 is 0 Å². The molecule has 1 aliphatic rings. The first-order valence-electron chi connectivity index (χ1n) is 8.11.